The number of aliphatic carboxylic acids is 1. The average Bonchev–Trinajstić information content (AvgIpc) is 3.34. The van der Waals surface area contributed by atoms with Gasteiger partial charge < -0.3 is 20.1 Å². The molecule has 1 heterocycles. The van der Waals surface area contributed by atoms with Crippen molar-refractivity contribution >= 4 is 18.0 Å². The van der Waals surface area contributed by atoms with Gasteiger partial charge in [-0.25, -0.2) is 18.4 Å². The van der Waals surface area contributed by atoms with Gasteiger partial charge in [0.2, 0.25) is 5.91 Å². The number of nitrogens with one attached hydrogen (secondary N) is 1. The van der Waals surface area contributed by atoms with E-state index < -0.39 is 48.9 Å². The fraction of sp³-hybridized carbons (Fsp3) is 0.423. The van der Waals surface area contributed by atoms with Crippen molar-refractivity contribution in [1.82, 2.24) is 10.2 Å². The zero-order valence-corrected chi connectivity index (χ0v) is 19.4. The van der Waals surface area contributed by atoms with E-state index in [4.69, 9.17) is 4.74 Å². The van der Waals surface area contributed by atoms with Gasteiger partial charge in [0.1, 0.15) is 18.7 Å². The highest BCUT2D eigenvalue weighted by Crippen LogP contribution is 2.44. The Kier molecular flexibility index (Phi) is 7.05. The molecule has 2 amide bonds. The minimum Gasteiger partial charge on any atom is -0.480 e. The van der Waals surface area contributed by atoms with Crippen molar-refractivity contribution < 1.29 is 33.0 Å². The fourth-order valence-corrected chi connectivity index (χ4v) is 4.92. The molecule has 0 spiro atoms. The summed E-state index contributed by atoms with van der Waals surface area (Å²) in [5, 5.41) is 11.8. The number of carbonyl (C=O) groups is 3. The molecule has 0 radical (unpaired) electrons. The number of fused-ring (bicyclic) bond motifs is 3. The maximum atomic E-state index is 13.9. The van der Waals surface area contributed by atoms with Gasteiger partial charge in [-0.2, -0.15) is 0 Å². The molecule has 0 bridgehead atoms. The van der Waals surface area contributed by atoms with Crippen LogP contribution < -0.4 is 5.32 Å². The van der Waals surface area contributed by atoms with E-state index in [1.54, 1.807) is 0 Å². The molecule has 1 fully saturated rings. The number of likely N-dealkylation sites (tertiary alicyclic amines) is 1. The zero-order chi connectivity index (χ0) is 25.2. The first-order valence-corrected chi connectivity index (χ1v) is 11.7. The monoisotopic (exact) mass is 486 g/mol. The molecule has 186 valence electrons. The van der Waals surface area contributed by atoms with Crippen molar-refractivity contribution in [2.45, 2.75) is 56.5 Å². The van der Waals surface area contributed by atoms with Gasteiger partial charge in [0.15, 0.2) is 0 Å². The Hall–Kier alpha value is -3.49. The molecule has 7 nitrogen and oxygen atoms in total. The maximum absolute atomic E-state index is 13.9. The quantitative estimate of drug-likeness (QED) is 0.577. The van der Waals surface area contributed by atoms with E-state index >= 15 is 0 Å². The fourth-order valence-electron chi connectivity index (χ4n) is 4.92. The predicted octanol–water partition coefficient (Wildman–Crippen LogP) is 4.40. The second-order valence-corrected chi connectivity index (χ2v) is 9.04. The third-order valence-corrected chi connectivity index (χ3v) is 6.62. The Labute approximate surface area is 202 Å². The number of hydrogen-bond acceptors (Lipinski definition) is 4. The smallest absolute Gasteiger partial charge is 0.407 e. The third-order valence-electron chi connectivity index (χ3n) is 6.62. The molecular weight excluding hydrogens is 458 g/mol. The van der Waals surface area contributed by atoms with E-state index in [1.165, 1.54) is 0 Å². The normalized spacial score (nSPS) is 19.1. The number of benzene rings is 2. The van der Waals surface area contributed by atoms with Crippen molar-refractivity contribution in [3.05, 3.63) is 59.7 Å². The second kappa shape index (κ2) is 10.0. The molecule has 1 saturated heterocycles. The lowest BCUT2D eigenvalue weighted by Crippen LogP contribution is -2.52. The number of hydrogen-bond donors (Lipinski definition) is 2. The largest absolute Gasteiger partial charge is 0.480 e. The van der Waals surface area contributed by atoms with E-state index in [1.807, 2.05) is 55.5 Å². The van der Waals surface area contributed by atoms with Gasteiger partial charge in [-0.15, -0.1) is 0 Å². The highest BCUT2D eigenvalue weighted by Gasteiger charge is 2.51. The van der Waals surface area contributed by atoms with Gasteiger partial charge in [0, 0.05) is 12.3 Å². The van der Waals surface area contributed by atoms with Gasteiger partial charge in [0.05, 0.1) is 6.54 Å². The lowest BCUT2D eigenvalue weighted by molar-refractivity contribution is -0.149. The van der Waals surface area contributed by atoms with Gasteiger partial charge in [-0.1, -0.05) is 68.3 Å². The number of halogens is 2. The molecule has 1 aliphatic heterocycles. The first kappa shape index (κ1) is 24.6. The van der Waals surface area contributed by atoms with Crippen LogP contribution in [0.5, 0.6) is 0 Å². The molecule has 2 N–H and O–H groups in total. The summed E-state index contributed by atoms with van der Waals surface area (Å²) in [7, 11) is 0. The second-order valence-electron chi connectivity index (χ2n) is 9.04. The van der Waals surface area contributed by atoms with Crippen LogP contribution in [-0.4, -0.2) is 59.1 Å². The van der Waals surface area contributed by atoms with E-state index in [9.17, 15) is 28.3 Å². The lowest BCUT2D eigenvalue weighted by Gasteiger charge is -2.27. The molecule has 9 heteroatoms. The number of amides is 2. The number of carbonyl (C=O) groups excluding carboxylic acids is 2. The first-order chi connectivity index (χ1) is 16.7. The first-order valence-electron chi connectivity index (χ1n) is 11.7. The van der Waals surface area contributed by atoms with Gasteiger partial charge >= 0.3 is 12.1 Å². The van der Waals surface area contributed by atoms with Crippen LogP contribution in [0.1, 0.15) is 49.7 Å². The van der Waals surface area contributed by atoms with Gasteiger partial charge in [-0.3, -0.25) is 4.79 Å². The van der Waals surface area contributed by atoms with E-state index in [0.717, 1.165) is 22.3 Å². The van der Waals surface area contributed by atoms with Crippen molar-refractivity contribution in [3.63, 3.8) is 0 Å². The molecular formula is C26H28F2N2O5. The van der Waals surface area contributed by atoms with E-state index in [2.05, 4.69) is 5.32 Å². The molecule has 1 unspecified atom stereocenters. The number of ether oxygens (including phenoxy) is 1. The molecule has 0 saturated carbocycles. The standard InChI is InChI=1S/C26H28F2N2O5/c1-2-3-12-21(23(31)30-15-26(27,28)13-22(30)24(32)33)29-25(34)35-14-20-18-10-6-4-8-16(18)17-9-5-7-11-19(17)20/h4-11,20-22H,2-3,12-15H2,1H3,(H,29,34)(H,32,33)/t21?,22-/m0/s1. The summed E-state index contributed by atoms with van der Waals surface area (Å²) in [6.45, 7) is 0.935. The van der Waals surface area contributed by atoms with E-state index in [-0.39, 0.29) is 18.9 Å². The minimum atomic E-state index is -3.29. The summed E-state index contributed by atoms with van der Waals surface area (Å²) in [5.41, 5.74) is 4.21. The molecule has 2 atom stereocenters. The predicted molar refractivity (Wildman–Crippen MR) is 124 cm³/mol. The molecule has 2 aromatic rings. The van der Waals surface area contributed by atoms with Gasteiger partial charge in [0.25, 0.3) is 5.92 Å². The minimum absolute atomic E-state index is 0.0358. The summed E-state index contributed by atoms with van der Waals surface area (Å²) < 4.78 is 33.3. The number of unbranched alkanes of at least 4 members (excludes halogenated alkanes) is 1. The Bertz CT molecular complexity index is 1080. The maximum Gasteiger partial charge on any atom is 0.407 e. The number of rotatable bonds is 8. The van der Waals surface area contributed by atoms with Crippen molar-refractivity contribution in [3.8, 4) is 11.1 Å². The highest BCUT2D eigenvalue weighted by molar-refractivity contribution is 5.90. The van der Waals surface area contributed by atoms with Crippen LogP contribution in [-0.2, 0) is 14.3 Å². The summed E-state index contributed by atoms with van der Waals surface area (Å²) in [6, 6.07) is 12.9. The Balaban J connectivity index is 1.45. The molecule has 2 aliphatic rings. The Morgan fingerprint density at radius 3 is 2.29 bits per heavy atom. The Morgan fingerprint density at radius 1 is 1.11 bits per heavy atom. The van der Waals surface area contributed by atoms with Crippen molar-refractivity contribution in [1.29, 1.82) is 0 Å². The third kappa shape index (κ3) is 5.13. The van der Waals surface area contributed by atoms with Gasteiger partial charge in [-0.05, 0) is 28.7 Å². The summed E-state index contributed by atoms with van der Waals surface area (Å²) in [6.07, 6.45) is -0.358. The molecule has 1 aliphatic carbocycles. The average molecular weight is 487 g/mol. The topological polar surface area (TPSA) is 95.9 Å². The summed E-state index contributed by atoms with van der Waals surface area (Å²) in [5.74, 6) is -5.80. The van der Waals surface area contributed by atoms with Crippen LogP contribution in [0.2, 0.25) is 0 Å². The van der Waals surface area contributed by atoms with Crippen LogP contribution in [0.3, 0.4) is 0 Å². The number of carboxylic acids is 1. The lowest BCUT2D eigenvalue weighted by atomic mass is 9.98. The SMILES string of the molecule is CCCCC(NC(=O)OCC1c2ccccc2-c2ccccc21)C(=O)N1CC(F)(F)C[C@H]1C(=O)O. The summed E-state index contributed by atoms with van der Waals surface area (Å²) >= 11 is 0. The van der Waals surface area contributed by atoms with Crippen molar-refractivity contribution in [2.75, 3.05) is 13.2 Å². The van der Waals surface area contributed by atoms with Crippen LogP contribution in [0.4, 0.5) is 13.6 Å². The highest BCUT2D eigenvalue weighted by atomic mass is 19.3. The molecule has 35 heavy (non-hydrogen) atoms. The molecule has 2 aromatic carbocycles. The summed E-state index contributed by atoms with van der Waals surface area (Å²) in [4.78, 5) is 37.9. The Morgan fingerprint density at radius 2 is 1.71 bits per heavy atom. The van der Waals surface area contributed by atoms with E-state index in [0.29, 0.717) is 17.7 Å². The number of alkyl carbamates (subject to hydrolysis) is 1. The number of alkyl halides is 2. The van der Waals surface area contributed by atoms with Crippen LogP contribution in [0.25, 0.3) is 11.1 Å². The van der Waals surface area contributed by atoms with Crippen molar-refractivity contribution in [2.24, 2.45) is 0 Å². The van der Waals surface area contributed by atoms with Crippen LogP contribution in [0, 0.1) is 0 Å². The zero-order valence-electron chi connectivity index (χ0n) is 19.4. The number of carboxylic acid groups (broad SMARTS) is 1. The van der Waals surface area contributed by atoms with Crippen LogP contribution >= 0.6 is 0 Å². The number of nitrogens with zero attached hydrogens (tertiary/aromatic N) is 1. The molecule has 0 aromatic heterocycles. The van der Waals surface area contributed by atoms with Crippen LogP contribution in [0.15, 0.2) is 48.5 Å². The molecule has 4 rings (SSSR count).